The van der Waals surface area contributed by atoms with Crippen molar-refractivity contribution in [2.24, 2.45) is 17.3 Å². The number of ketones is 3. The molecule has 7 unspecified atom stereocenters. The first-order chi connectivity index (χ1) is 16.1. The van der Waals surface area contributed by atoms with E-state index in [2.05, 4.69) is 0 Å². The second-order valence-corrected chi connectivity index (χ2v) is 11.8. The predicted molar refractivity (Wildman–Crippen MR) is 129 cm³/mol. The van der Waals surface area contributed by atoms with Crippen molar-refractivity contribution in [2.45, 2.75) is 104 Å². The van der Waals surface area contributed by atoms with Crippen LogP contribution in [-0.4, -0.2) is 57.1 Å². The Morgan fingerprint density at radius 3 is 2.54 bits per heavy atom. The van der Waals surface area contributed by atoms with Crippen LogP contribution in [0.4, 0.5) is 0 Å². The van der Waals surface area contributed by atoms with E-state index in [0.29, 0.717) is 24.0 Å². The van der Waals surface area contributed by atoms with Gasteiger partial charge in [0.05, 0.1) is 23.9 Å². The van der Waals surface area contributed by atoms with Gasteiger partial charge in [0, 0.05) is 34.8 Å². The highest BCUT2D eigenvalue weighted by Crippen LogP contribution is 2.59. The number of rotatable bonds is 4. The fraction of sp³-hybridized carbons (Fsp3) is 0.679. The summed E-state index contributed by atoms with van der Waals surface area (Å²) < 4.78 is 12.7. The summed E-state index contributed by atoms with van der Waals surface area (Å²) >= 11 is 0. The lowest BCUT2D eigenvalue weighted by Crippen LogP contribution is -2.67. The van der Waals surface area contributed by atoms with Gasteiger partial charge in [-0.25, -0.2) is 0 Å². The van der Waals surface area contributed by atoms with Crippen molar-refractivity contribution in [1.29, 1.82) is 0 Å². The molecule has 0 aromatic rings. The largest absolute Gasteiger partial charge is 0.483 e. The predicted octanol–water partition coefficient (Wildman–Crippen LogP) is 3.37. The molecule has 2 aliphatic heterocycles. The average molecular weight is 487 g/mol. The summed E-state index contributed by atoms with van der Waals surface area (Å²) in [6.07, 6.45) is 3.14. The Morgan fingerprint density at radius 1 is 1.29 bits per heavy atom. The molecule has 7 atom stereocenters. The van der Waals surface area contributed by atoms with E-state index >= 15 is 0 Å². The maximum atomic E-state index is 13.5. The summed E-state index contributed by atoms with van der Waals surface area (Å²) in [5.41, 5.74) is -1.57. The summed E-state index contributed by atoms with van der Waals surface area (Å²) in [5, 5.41) is 21.9. The van der Waals surface area contributed by atoms with Gasteiger partial charge in [-0.15, -0.1) is 0 Å². The van der Waals surface area contributed by atoms with Crippen molar-refractivity contribution < 1.29 is 34.1 Å². The topological polar surface area (TPSA) is 110 Å². The highest BCUT2D eigenvalue weighted by molar-refractivity contribution is 6.24. The van der Waals surface area contributed by atoms with Gasteiger partial charge in [-0.1, -0.05) is 19.9 Å². The molecule has 2 heterocycles. The van der Waals surface area contributed by atoms with E-state index in [1.54, 1.807) is 40.7 Å². The van der Waals surface area contributed by atoms with Crippen LogP contribution in [0.1, 0.15) is 74.1 Å². The first-order valence-corrected chi connectivity index (χ1v) is 12.6. The molecular formula is C28H38O7. The molecule has 2 N–H and O–H groups in total. The molecule has 0 amide bonds. The van der Waals surface area contributed by atoms with Crippen molar-refractivity contribution >= 4 is 17.3 Å². The summed E-state index contributed by atoms with van der Waals surface area (Å²) in [4.78, 5) is 39.4. The zero-order valence-electron chi connectivity index (χ0n) is 21.8. The zero-order valence-corrected chi connectivity index (χ0v) is 21.8. The van der Waals surface area contributed by atoms with Crippen LogP contribution in [0.5, 0.6) is 0 Å². The van der Waals surface area contributed by atoms with E-state index in [0.717, 1.165) is 0 Å². The van der Waals surface area contributed by atoms with Crippen LogP contribution in [0.2, 0.25) is 0 Å². The number of fused-ring (bicyclic) bond motifs is 3. The highest BCUT2D eigenvalue weighted by Gasteiger charge is 2.64. The second kappa shape index (κ2) is 8.49. The van der Waals surface area contributed by atoms with Crippen LogP contribution in [0.15, 0.2) is 34.6 Å². The average Bonchev–Trinajstić information content (AvgIpc) is 2.79. The van der Waals surface area contributed by atoms with Crippen LogP contribution in [0.25, 0.3) is 0 Å². The summed E-state index contributed by atoms with van der Waals surface area (Å²) in [7, 11) is 0. The third-order valence-corrected chi connectivity index (χ3v) is 9.11. The Morgan fingerprint density at radius 2 is 1.94 bits per heavy atom. The summed E-state index contributed by atoms with van der Waals surface area (Å²) in [6, 6.07) is 0. The van der Waals surface area contributed by atoms with Gasteiger partial charge < -0.3 is 19.7 Å². The Balaban J connectivity index is 1.67. The quantitative estimate of drug-likeness (QED) is 0.463. The minimum Gasteiger partial charge on any atom is -0.483 e. The molecule has 0 aromatic heterocycles. The Hall–Kier alpha value is -2.09. The first-order valence-electron chi connectivity index (χ1n) is 12.6. The van der Waals surface area contributed by atoms with E-state index in [4.69, 9.17) is 9.47 Å². The van der Waals surface area contributed by atoms with Crippen LogP contribution in [0.3, 0.4) is 0 Å². The van der Waals surface area contributed by atoms with Crippen LogP contribution in [-0.2, 0) is 23.9 Å². The Kier molecular flexibility index (Phi) is 6.31. The molecule has 0 aromatic carbocycles. The molecule has 2 aliphatic carbocycles. The number of carbonyl (C=O) groups is 3. The lowest BCUT2D eigenvalue weighted by molar-refractivity contribution is -0.279. The smallest absolute Gasteiger partial charge is 0.224 e. The molecule has 35 heavy (non-hydrogen) atoms. The molecule has 7 heteroatoms. The van der Waals surface area contributed by atoms with Gasteiger partial charge in [0.15, 0.2) is 17.3 Å². The normalized spacial score (nSPS) is 38.7. The van der Waals surface area contributed by atoms with Gasteiger partial charge in [0.2, 0.25) is 5.78 Å². The SMILES string of the molecule is CC=C(C)C(=O)C(C)C1=CC(=O)C2=C(OC3(C)CCC4OC(C(C)(C)O)CC(O)C4(C)C3C2)C1=O. The fourth-order valence-electron chi connectivity index (χ4n) is 6.53. The number of aliphatic hydroxyl groups is 2. The van der Waals surface area contributed by atoms with E-state index in [-0.39, 0.29) is 47.8 Å². The molecule has 1 saturated heterocycles. The van der Waals surface area contributed by atoms with Gasteiger partial charge >= 0.3 is 0 Å². The molecule has 4 rings (SSSR count). The molecule has 0 spiro atoms. The van der Waals surface area contributed by atoms with Crippen molar-refractivity contribution in [3.8, 4) is 0 Å². The molecule has 1 saturated carbocycles. The third-order valence-electron chi connectivity index (χ3n) is 9.11. The van der Waals surface area contributed by atoms with E-state index in [9.17, 15) is 24.6 Å². The number of ether oxygens (including phenoxy) is 2. The van der Waals surface area contributed by atoms with Crippen molar-refractivity contribution in [3.05, 3.63) is 34.6 Å². The highest BCUT2D eigenvalue weighted by atomic mass is 16.5. The number of hydrogen-bond acceptors (Lipinski definition) is 7. The summed E-state index contributed by atoms with van der Waals surface area (Å²) in [6.45, 7) is 12.4. The molecule has 0 bridgehead atoms. The molecule has 192 valence electrons. The molecular weight excluding hydrogens is 448 g/mol. The van der Waals surface area contributed by atoms with Crippen molar-refractivity contribution in [2.75, 3.05) is 0 Å². The van der Waals surface area contributed by atoms with Crippen LogP contribution in [0, 0.1) is 17.3 Å². The first kappa shape index (κ1) is 26.0. The number of allylic oxidation sites excluding steroid dienone is 5. The molecule has 7 nitrogen and oxygen atoms in total. The van der Waals surface area contributed by atoms with Gasteiger partial charge in [0.25, 0.3) is 0 Å². The van der Waals surface area contributed by atoms with Gasteiger partial charge in [-0.05, 0) is 65.5 Å². The molecule has 2 fully saturated rings. The van der Waals surface area contributed by atoms with E-state index in [1.807, 2.05) is 13.8 Å². The Labute approximate surface area is 207 Å². The maximum absolute atomic E-state index is 13.5. The minimum absolute atomic E-state index is 0.0478. The maximum Gasteiger partial charge on any atom is 0.224 e. The number of hydrogen-bond donors (Lipinski definition) is 2. The van der Waals surface area contributed by atoms with Gasteiger partial charge in [-0.3, -0.25) is 14.4 Å². The van der Waals surface area contributed by atoms with E-state index in [1.165, 1.54) is 6.08 Å². The molecule has 0 radical (unpaired) electrons. The minimum atomic E-state index is -1.09. The van der Waals surface area contributed by atoms with Crippen LogP contribution >= 0.6 is 0 Å². The number of carbonyl (C=O) groups excluding carboxylic acids is 3. The summed E-state index contributed by atoms with van der Waals surface area (Å²) in [5.74, 6) is -1.88. The van der Waals surface area contributed by atoms with Crippen molar-refractivity contribution in [1.82, 2.24) is 0 Å². The molecule has 4 aliphatic rings. The third kappa shape index (κ3) is 3.96. The number of Topliss-reactive ketones (excluding diaryl/α,β-unsaturated/α-hetero) is 2. The second-order valence-electron chi connectivity index (χ2n) is 11.8. The monoisotopic (exact) mass is 486 g/mol. The van der Waals surface area contributed by atoms with Gasteiger partial charge in [0.1, 0.15) is 5.60 Å². The standard InChI is InChI=1S/C28H38O7/c1-8-14(2)23(31)15(3)16-11-18(29)17-12-19-27(6,35-25(17)24(16)32)10-9-21-28(19,7)20(30)13-22(34-21)26(4,5)33/h8,11,15,19-22,30,33H,9-10,12-13H2,1-7H3. The lowest BCUT2D eigenvalue weighted by Gasteiger charge is -2.62. The Bertz CT molecular complexity index is 1060. The zero-order chi connectivity index (χ0) is 26.1. The lowest BCUT2D eigenvalue weighted by atomic mass is 9.52. The fourth-order valence-corrected chi connectivity index (χ4v) is 6.53. The number of aliphatic hydroxyl groups excluding tert-OH is 1. The van der Waals surface area contributed by atoms with Crippen molar-refractivity contribution in [3.63, 3.8) is 0 Å². The van der Waals surface area contributed by atoms with Crippen LogP contribution < -0.4 is 0 Å². The van der Waals surface area contributed by atoms with E-state index < -0.39 is 40.5 Å². The van der Waals surface area contributed by atoms with Gasteiger partial charge in [-0.2, -0.15) is 0 Å².